The fourth-order valence-corrected chi connectivity index (χ4v) is 7.18. The molecule has 7 rings (SSSR count). The molecule has 0 fully saturated rings. The number of hydrogen-bond acceptors (Lipinski definition) is 8. The first-order chi connectivity index (χ1) is 27.5. The van der Waals surface area contributed by atoms with E-state index in [4.69, 9.17) is 10.2 Å². The van der Waals surface area contributed by atoms with Gasteiger partial charge in [0.2, 0.25) is 0 Å². The fraction of sp³-hybridized carbons (Fsp3) is 0.200. The van der Waals surface area contributed by atoms with Crippen molar-refractivity contribution in [2.45, 2.75) is 5.41 Å². The normalized spacial score (nSPS) is 13.1. The Balaban J connectivity index is 1.63. The van der Waals surface area contributed by atoms with Crippen LogP contribution in [-0.2, 0) is 5.41 Å². The number of nitrogens with zero attached hydrogens (tertiary/aromatic N) is 12. The molecule has 286 valence electrons. The molecule has 1 aliphatic carbocycles. The van der Waals surface area contributed by atoms with Crippen LogP contribution in [-0.4, -0.2) is 76.4 Å². The number of rotatable bonds is 12. The summed E-state index contributed by atoms with van der Waals surface area (Å²) in [6.07, 6.45) is 0. The van der Waals surface area contributed by atoms with Crippen LogP contribution < -0.4 is 0 Å². The standard InChI is InChI=1S/C45H46N12/c1-54(2)50-46-35-21-23-37-38-24-22-36(47-51-55(3)4)30-42(38)45(41(37)29-35,33-19-25-43(48-52-56(5)6)39(27-33)31-15-11-9-12-16-31)34-20-26-44(49-53-57(7)8)40(28-34)32-17-13-10-14-18-32/h9-30H,1-8H3/b50-46+,51-47+,52-48+,53-49+. The van der Waals surface area contributed by atoms with Crippen molar-refractivity contribution in [3.63, 3.8) is 0 Å². The van der Waals surface area contributed by atoms with E-state index in [9.17, 15) is 0 Å². The smallest absolute Gasteiger partial charge is 0.0952 e. The predicted octanol–water partition coefficient (Wildman–Crippen LogP) is 11.6. The third kappa shape index (κ3) is 7.88. The molecule has 0 radical (unpaired) electrons. The van der Waals surface area contributed by atoms with Gasteiger partial charge >= 0.3 is 0 Å². The molecule has 0 aliphatic heterocycles. The van der Waals surface area contributed by atoms with Crippen molar-refractivity contribution in [2.75, 3.05) is 56.4 Å². The SMILES string of the molecule is CN(C)/N=N/c1ccc2c(c1)C(c1ccc(/N=N/N(C)C)c(-c3ccccc3)c1)(c1ccc(/N=N/N(C)C)c(-c3ccccc3)c1)c1cc(/N=N/N(C)C)ccc1-2. The van der Waals surface area contributed by atoms with E-state index in [1.54, 1.807) is 20.0 Å². The van der Waals surface area contributed by atoms with E-state index in [1.165, 1.54) is 0 Å². The summed E-state index contributed by atoms with van der Waals surface area (Å²) < 4.78 is 0. The zero-order chi connectivity index (χ0) is 40.1. The molecule has 0 unspecified atom stereocenters. The summed E-state index contributed by atoms with van der Waals surface area (Å²) in [5.74, 6) is 0. The van der Waals surface area contributed by atoms with Crippen molar-refractivity contribution >= 4 is 22.7 Å². The van der Waals surface area contributed by atoms with Gasteiger partial charge in [-0.2, -0.15) is 0 Å². The second-order valence-electron chi connectivity index (χ2n) is 14.6. The lowest BCUT2D eigenvalue weighted by molar-refractivity contribution is 0.408. The van der Waals surface area contributed by atoms with Crippen molar-refractivity contribution in [1.29, 1.82) is 0 Å². The zero-order valence-corrected chi connectivity index (χ0v) is 33.6. The molecule has 57 heavy (non-hydrogen) atoms. The fourth-order valence-electron chi connectivity index (χ4n) is 7.18. The van der Waals surface area contributed by atoms with Crippen molar-refractivity contribution in [3.05, 3.63) is 156 Å². The lowest BCUT2D eigenvalue weighted by atomic mass is 9.66. The van der Waals surface area contributed by atoms with Crippen molar-refractivity contribution in [3.8, 4) is 33.4 Å². The van der Waals surface area contributed by atoms with Crippen LogP contribution in [0.1, 0.15) is 22.3 Å². The molecule has 6 aromatic carbocycles. The summed E-state index contributed by atoms with van der Waals surface area (Å²) in [4.78, 5) is 0. The molecule has 0 saturated heterocycles. The maximum atomic E-state index is 4.70. The van der Waals surface area contributed by atoms with Gasteiger partial charge in [0, 0.05) is 67.5 Å². The molecule has 0 atom stereocenters. The van der Waals surface area contributed by atoms with E-state index < -0.39 is 5.41 Å². The number of benzene rings is 6. The van der Waals surface area contributed by atoms with Gasteiger partial charge in [0.15, 0.2) is 0 Å². The molecule has 12 heteroatoms. The first-order valence-corrected chi connectivity index (χ1v) is 18.6. The summed E-state index contributed by atoms with van der Waals surface area (Å²) in [5.41, 5.74) is 12.3. The van der Waals surface area contributed by atoms with Crippen molar-refractivity contribution in [2.24, 2.45) is 41.4 Å². The number of hydrogen-bond donors (Lipinski definition) is 0. The Morgan fingerprint density at radius 2 is 0.719 bits per heavy atom. The largest absolute Gasteiger partial charge is 0.285 e. The summed E-state index contributed by atoms with van der Waals surface area (Å²) in [5, 5.41) is 43.1. The Morgan fingerprint density at radius 3 is 1.09 bits per heavy atom. The summed E-state index contributed by atoms with van der Waals surface area (Å²) in [7, 11) is 14.9. The highest BCUT2D eigenvalue weighted by atomic mass is 15.5. The van der Waals surface area contributed by atoms with E-state index in [2.05, 4.69) is 116 Å². The van der Waals surface area contributed by atoms with Crippen molar-refractivity contribution < 1.29 is 0 Å². The van der Waals surface area contributed by atoms with Gasteiger partial charge in [0.25, 0.3) is 0 Å². The molecule has 0 heterocycles. The first kappa shape index (κ1) is 38.2. The van der Waals surface area contributed by atoms with Crippen LogP contribution in [0.5, 0.6) is 0 Å². The first-order valence-electron chi connectivity index (χ1n) is 18.6. The van der Waals surface area contributed by atoms with Crippen LogP contribution in [0.25, 0.3) is 33.4 Å². The predicted molar refractivity (Wildman–Crippen MR) is 227 cm³/mol. The van der Waals surface area contributed by atoms with Gasteiger partial charge in [-0.15, -0.1) is 20.5 Å². The Morgan fingerprint density at radius 1 is 0.351 bits per heavy atom. The lowest BCUT2D eigenvalue weighted by Gasteiger charge is -2.35. The van der Waals surface area contributed by atoms with Crippen LogP contribution in [0.3, 0.4) is 0 Å². The van der Waals surface area contributed by atoms with E-state index in [-0.39, 0.29) is 0 Å². The van der Waals surface area contributed by atoms with Crippen LogP contribution in [0.2, 0.25) is 0 Å². The van der Waals surface area contributed by atoms with Crippen LogP contribution >= 0.6 is 0 Å². The molecule has 0 bridgehead atoms. The summed E-state index contributed by atoms with van der Waals surface area (Å²) in [6.45, 7) is 0. The van der Waals surface area contributed by atoms with Gasteiger partial charge in [-0.25, -0.2) is 0 Å². The molecule has 0 N–H and O–H groups in total. The topological polar surface area (TPSA) is 112 Å². The Labute approximate surface area is 334 Å². The van der Waals surface area contributed by atoms with Gasteiger partial charge in [-0.05, 0) is 93.0 Å². The quantitative estimate of drug-likeness (QED) is 0.0913. The minimum atomic E-state index is -0.889. The van der Waals surface area contributed by atoms with Crippen LogP contribution in [0.15, 0.2) is 175 Å². The van der Waals surface area contributed by atoms with Gasteiger partial charge in [0.05, 0.1) is 28.2 Å². The Kier molecular flexibility index (Phi) is 11.0. The van der Waals surface area contributed by atoms with Gasteiger partial charge in [0.1, 0.15) is 0 Å². The van der Waals surface area contributed by atoms with E-state index >= 15 is 0 Å². The van der Waals surface area contributed by atoms with E-state index in [0.717, 1.165) is 78.4 Å². The van der Waals surface area contributed by atoms with E-state index in [0.29, 0.717) is 0 Å². The molecule has 0 saturated carbocycles. The average molecular weight is 755 g/mol. The van der Waals surface area contributed by atoms with E-state index in [1.807, 2.05) is 105 Å². The van der Waals surface area contributed by atoms with Crippen LogP contribution in [0, 0.1) is 0 Å². The maximum Gasteiger partial charge on any atom is 0.0952 e. The molecular formula is C45H46N12. The Bertz CT molecular complexity index is 2310. The lowest BCUT2D eigenvalue weighted by Crippen LogP contribution is -2.28. The molecular weight excluding hydrogens is 709 g/mol. The van der Waals surface area contributed by atoms with Gasteiger partial charge in [-0.1, -0.05) is 106 Å². The third-order valence-electron chi connectivity index (χ3n) is 9.47. The second-order valence-corrected chi connectivity index (χ2v) is 14.6. The Hall–Kier alpha value is -7.08. The minimum absolute atomic E-state index is 0.728. The second kappa shape index (κ2) is 16.3. The highest BCUT2D eigenvalue weighted by Gasteiger charge is 2.47. The highest BCUT2D eigenvalue weighted by Crippen LogP contribution is 2.59. The zero-order valence-electron chi connectivity index (χ0n) is 33.6. The minimum Gasteiger partial charge on any atom is -0.285 e. The molecule has 12 nitrogen and oxygen atoms in total. The summed E-state index contributed by atoms with van der Waals surface area (Å²) >= 11 is 0. The summed E-state index contributed by atoms with van der Waals surface area (Å²) in [6, 6.07) is 46.3. The molecule has 0 spiro atoms. The van der Waals surface area contributed by atoms with Crippen molar-refractivity contribution in [1.82, 2.24) is 20.0 Å². The molecule has 0 amide bonds. The molecule has 1 aliphatic rings. The third-order valence-corrected chi connectivity index (χ3v) is 9.47. The van der Waals surface area contributed by atoms with Crippen LogP contribution in [0.4, 0.5) is 22.7 Å². The van der Waals surface area contributed by atoms with Gasteiger partial charge in [-0.3, -0.25) is 20.0 Å². The highest BCUT2D eigenvalue weighted by molar-refractivity contribution is 5.90. The molecule has 6 aromatic rings. The molecule has 0 aromatic heterocycles. The average Bonchev–Trinajstić information content (AvgIpc) is 3.50. The monoisotopic (exact) mass is 754 g/mol. The van der Waals surface area contributed by atoms with Gasteiger partial charge < -0.3 is 0 Å². The number of fused-ring (bicyclic) bond motifs is 3. The maximum absolute atomic E-state index is 4.70.